The molecule has 0 spiro atoms. The molecule has 1 rings (SSSR count). The fraction of sp³-hybridized carbons (Fsp3) is 0.611. The summed E-state index contributed by atoms with van der Waals surface area (Å²) in [5, 5.41) is 16.6. The summed E-state index contributed by atoms with van der Waals surface area (Å²) in [7, 11) is 1.66. The maximum absolute atomic E-state index is 10.2. The fourth-order valence-corrected chi connectivity index (χ4v) is 2.11. The molecule has 0 fully saturated rings. The van der Waals surface area contributed by atoms with E-state index in [9.17, 15) is 5.11 Å². The number of hydrogen-bond donors (Lipinski definition) is 3. The van der Waals surface area contributed by atoms with Gasteiger partial charge in [-0.2, -0.15) is 0 Å². The molecular formula is C18H31N3O3. The van der Waals surface area contributed by atoms with Crippen LogP contribution in [-0.4, -0.2) is 57.6 Å². The SMILES string of the molecule is CCNC(=NCCCOCCOC)NCCC(O)c1ccccc1. The van der Waals surface area contributed by atoms with E-state index in [2.05, 4.69) is 15.6 Å². The Morgan fingerprint density at radius 1 is 1.17 bits per heavy atom. The Morgan fingerprint density at radius 2 is 1.96 bits per heavy atom. The lowest BCUT2D eigenvalue weighted by molar-refractivity contribution is 0.0702. The standard InChI is InChI=1S/C18H31N3O3/c1-3-19-18(20-11-7-13-24-15-14-23-2)21-12-10-17(22)16-8-5-4-6-9-16/h4-6,8-9,17,22H,3,7,10-15H2,1-2H3,(H2,19,20,21). The number of nitrogens with zero attached hydrogens (tertiary/aromatic N) is 1. The zero-order valence-electron chi connectivity index (χ0n) is 14.8. The lowest BCUT2D eigenvalue weighted by atomic mass is 10.1. The van der Waals surface area contributed by atoms with Crippen molar-refractivity contribution in [2.45, 2.75) is 25.9 Å². The van der Waals surface area contributed by atoms with Crippen LogP contribution in [0.4, 0.5) is 0 Å². The van der Waals surface area contributed by atoms with Crippen LogP contribution in [0.2, 0.25) is 0 Å². The molecule has 136 valence electrons. The second kappa shape index (κ2) is 13.8. The van der Waals surface area contributed by atoms with Crippen molar-refractivity contribution in [2.75, 3.05) is 46.6 Å². The molecule has 3 N–H and O–H groups in total. The molecule has 6 nitrogen and oxygen atoms in total. The molecule has 0 aliphatic heterocycles. The summed E-state index contributed by atoms with van der Waals surface area (Å²) in [6, 6.07) is 9.70. The van der Waals surface area contributed by atoms with Gasteiger partial charge in [0.25, 0.3) is 0 Å². The number of hydrogen-bond acceptors (Lipinski definition) is 4. The van der Waals surface area contributed by atoms with E-state index >= 15 is 0 Å². The minimum Gasteiger partial charge on any atom is -0.388 e. The second-order valence-electron chi connectivity index (χ2n) is 5.36. The normalized spacial score (nSPS) is 12.9. The Kier molecular flexibility index (Phi) is 11.7. The molecule has 1 unspecified atom stereocenters. The van der Waals surface area contributed by atoms with Crippen molar-refractivity contribution < 1.29 is 14.6 Å². The first-order valence-electron chi connectivity index (χ1n) is 8.59. The van der Waals surface area contributed by atoms with E-state index in [4.69, 9.17) is 9.47 Å². The van der Waals surface area contributed by atoms with Crippen LogP contribution >= 0.6 is 0 Å². The zero-order chi connectivity index (χ0) is 17.5. The molecule has 0 radical (unpaired) electrons. The molecule has 0 aliphatic carbocycles. The van der Waals surface area contributed by atoms with Crippen LogP contribution in [0.25, 0.3) is 0 Å². The van der Waals surface area contributed by atoms with Gasteiger partial charge in [0.05, 0.1) is 19.3 Å². The molecule has 0 aliphatic rings. The van der Waals surface area contributed by atoms with Crippen LogP contribution in [-0.2, 0) is 9.47 Å². The van der Waals surface area contributed by atoms with Crippen LogP contribution in [0, 0.1) is 0 Å². The fourth-order valence-electron chi connectivity index (χ4n) is 2.11. The third kappa shape index (κ3) is 9.50. The van der Waals surface area contributed by atoms with E-state index in [-0.39, 0.29) is 0 Å². The first kappa shape index (κ1) is 20.4. The molecule has 1 aromatic carbocycles. The number of aliphatic hydroxyl groups is 1. The highest BCUT2D eigenvalue weighted by Crippen LogP contribution is 2.14. The predicted molar refractivity (Wildman–Crippen MR) is 97.3 cm³/mol. The average Bonchev–Trinajstić information content (AvgIpc) is 2.61. The molecule has 0 heterocycles. The highest BCUT2D eigenvalue weighted by molar-refractivity contribution is 5.79. The summed E-state index contributed by atoms with van der Waals surface area (Å²) in [5.74, 6) is 0.773. The number of benzene rings is 1. The van der Waals surface area contributed by atoms with E-state index in [1.54, 1.807) is 7.11 Å². The van der Waals surface area contributed by atoms with Crippen molar-refractivity contribution in [3.8, 4) is 0 Å². The van der Waals surface area contributed by atoms with Crippen molar-refractivity contribution in [3.63, 3.8) is 0 Å². The van der Waals surface area contributed by atoms with E-state index in [0.717, 1.165) is 24.5 Å². The molecule has 1 atom stereocenters. The van der Waals surface area contributed by atoms with E-state index in [1.165, 1.54) is 0 Å². The van der Waals surface area contributed by atoms with Gasteiger partial charge in [0, 0.05) is 33.4 Å². The first-order chi connectivity index (χ1) is 11.8. The number of aliphatic hydroxyl groups excluding tert-OH is 1. The number of ether oxygens (including phenoxy) is 2. The minimum absolute atomic E-state index is 0.462. The molecule has 1 aromatic rings. The second-order valence-corrected chi connectivity index (χ2v) is 5.36. The van der Waals surface area contributed by atoms with Gasteiger partial charge < -0.3 is 25.2 Å². The van der Waals surface area contributed by atoms with Crippen LogP contribution in [0.3, 0.4) is 0 Å². The van der Waals surface area contributed by atoms with Crippen molar-refractivity contribution in [1.82, 2.24) is 10.6 Å². The number of guanidine groups is 1. The molecule has 0 saturated carbocycles. The molecule has 0 bridgehead atoms. The van der Waals surface area contributed by atoms with Gasteiger partial charge in [0.15, 0.2) is 5.96 Å². The Bertz CT molecular complexity index is 440. The highest BCUT2D eigenvalue weighted by atomic mass is 16.5. The predicted octanol–water partition coefficient (Wildman–Crippen LogP) is 1.72. The van der Waals surface area contributed by atoms with Gasteiger partial charge in [0.2, 0.25) is 0 Å². The lowest BCUT2D eigenvalue weighted by Crippen LogP contribution is -2.38. The largest absolute Gasteiger partial charge is 0.388 e. The number of aliphatic imine (C=N–C) groups is 1. The maximum atomic E-state index is 10.2. The third-order valence-corrected chi connectivity index (χ3v) is 3.39. The zero-order valence-corrected chi connectivity index (χ0v) is 14.8. The molecule has 24 heavy (non-hydrogen) atoms. The lowest BCUT2D eigenvalue weighted by Gasteiger charge is -2.14. The van der Waals surface area contributed by atoms with E-state index < -0.39 is 6.10 Å². The average molecular weight is 337 g/mol. The summed E-state index contributed by atoms with van der Waals surface area (Å²) in [5.41, 5.74) is 0.939. The van der Waals surface area contributed by atoms with Gasteiger partial charge in [0.1, 0.15) is 0 Å². The number of nitrogens with one attached hydrogen (secondary N) is 2. The summed E-state index contributed by atoms with van der Waals surface area (Å²) in [4.78, 5) is 4.50. The van der Waals surface area contributed by atoms with Crippen LogP contribution in [0.1, 0.15) is 31.4 Å². The van der Waals surface area contributed by atoms with Gasteiger partial charge >= 0.3 is 0 Å². The smallest absolute Gasteiger partial charge is 0.191 e. The molecule has 0 saturated heterocycles. The summed E-state index contributed by atoms with van der Waals surface area (Å²) >= 11 is 0. The van der Waals surface area contributed by atoms with Crippen molar-refractivity contribution in [2.24, 2.45) is 4.99 Å². The van der Waals surface area contributed by atoms with Crippen LogP contribution in [0.15, 0.2) is 35.3 Å². The molecule has 0 amide bonds. The first-order valence-corrected chi connectivity index (χ1v) is 8.59. The highest BCUT2D eigenvalue weighted by Gasteiger charge is 2.06. The Morgan fingerprint density at radius 3 is 2.67 bits per heavy atom. The Balaban J connectivity index is 2.23. The monoisotopic (exact) mass is 337 g/mol. The van der Waals surface area contributed by atoms with Gasteiger partial charge in [-0.1, -0.05) is 30.3 Å². The van der Waals surface area contributed by atoms with Gasteiger partial charge in [-0.15, -0.1) is 0 Å². The molecule has 6 heteroatoms. The Hall–Kier alpha value is -1.63. The maximum Gasteiger partial charge on any atom is 0.191 e. The molecule has 0 aromatic heterocycles. The third-order valence-electron chi connectivity index (χ3n) is 3.39. The number of methoxy groups -OCH3 is 1. The van der Waals surface area contributed by atoms with E-state index in [1.807, 2.05) is 37.3 Å². The van der Waals surface area contributed by atoms with Gasteiger partial charge in [-0.25, -0.2) is 0 Å². The summed E-state index contributed by atoms with van der Waals surface area (Å²) < 4.78 is 10.3. The van der Waals surface area contributed by atoms with Crippen LogP contribution < -0.4 is 10.6 Å². The summed E-state index contributed by atoms with van der Waals surface area (Å²) in [6.07, 6.45) is 1.04. The molecular weight excluding hydrogens is 306 g/mol. The minimum atomic E-state index is -0.462. The number of rotatable bonds is 12. The van der Waals surface area contributed by atoms with Crippen molar-refractivity contribution >= 4 is 5.96 Å². The Labute approximate surface area is 145 Å². The van der Waals surface area contributed by atoms with Crippen molar-refractivity contribution in [1.29, 1.82) is 0 Å². The quantitative estimate of drug-likeness (QED) is 0.308. The summed E-state index contributed by atoms with van der Waals surface area (Å²) in [6.45, 7) is 6.11. The van der Waals surface area contributed by atoms with Crippen molar-refractivity contribution in [3.05, 3.63) is 35.9 Å². The van der Waals surface area contributed by atoms with Gasteiger partial charge in [-0.05, 0) is 25.3 Å². The van der Waals surface area contributed by atoms with Crippen LogP contribution in [0.5, 0.6) is 0 Å². The van der Waals surface area contributed by atoms with Gasteiger partial charge in [-0.3, -0.25) is 4.99 Å². The topological polar surface area (TPSA) is 75.1 Å². The van der Waals surface area contributed by atoms with E-state index in [0.29, 0.717) is 39.3 Å².